The second-order valence-electron chi connectivity index (χ2n) is 4.20. The molecule has 1 unspecified atom stereocenters. The topological polar surface area (TPSA) is 16.1 Å². The third kappa shape index (κ3) is 2.85. The van der Waals surface area contributed by atoms with Crippen molar-refractivity contribution in [3.8, 4) is 0 Å². The molecule has 1 aromatic rings. The van der Waals surface area contributed by atoms with Crippen molar-refractivity contribution in [2.45, 2.75) is 26.2 Å². The van der Waals surface area contributed by atoms with E-state index in [9.17, 15) is 0 Å². The molecule has 1 aliphatic rings. The Kier molecular flexibility index (Phi) is 3.87. The van der Waals surface area contributed by atoms with Crippen LogP contribution in [0.4, 0.5) is 5.13 Å². The van der Waals surface area contributed by atoms with Crippen LogP contribution in [0.15, 0.2) is 5.38 Å². The number of aryl methyl sites for hydroxylation is 1. The summed E-state index contributed by atoms with van der Waals surface area (Å²) in [5.41, 5.74) is 1.13. The number of thiazole rings is 1. The second-order valence-corrected chi connectivity index (χ2v) is 5.42. The molecule has 0 saturated carbocycles. The van der Waals surface area contributed by atoms with Crippen LogP contribution in [0.5, 0.6) is 0 Å². The number of hydrogen-bond acceptors (Lipinski definition) is 3. The van der Waals surface area contributed by atoms with E-state index < -0.39 is 0 Å². The van der Waals surface area contributed by atoms with Crippen LogP contribution in [0.1, 0.15) is 25.0 Å². The lowest BCUT2D eigenvalue weighted by Gasteiger charge is -2.32. The third-order valence-corrected chi connectivity index (χ3v) is 4.15. The summed E-state index contributed by atoms with van der Waals surface area (Å²) in [7, 11) is 0. The Labute approximate surface area is 100 Å². The molecule has 0 aromatic carbocycles. The Bertz CT molecular complexity index is 311. The average molecular weight is 245 g/mol. The number of aromatic nitrogens is 1. The van der Waals surface area contributed by atoms with Crippen LogP contribution < -0.4 is 4.90 Å². The molecule has 0 bridgehead atoms. The molecule has 0 spiro atoms. The van der Waals surface area contributed by atoms with E-state index in [1.807, 2.05) is 0 Å². The highest BCUT2D eigenvalue weighted by molar-refractivity contribution is 7.13. The van der Waals surface area contributed by atoms with Gasteiger partial charge in [0.25, 0.3) is 0 Å². The molecule has 0 amide bonds. The number of hydrogen-bond donors (Lipinski definition) is 0. The maximum Gasteiger partial charge on any atom is 0.185 e. The van der Waals surface area contributed by atoms with Crippen LogP contribution in [0.2, 0.25) is 0 Å². The van der Waals surface area contributed by atoms with E-state index in [-0.39, 0.29) is 0 Å². The second kappa shape index (κ2) is 5.17. The molecule has 0 N–H and O–H groups in total. The van der Waals surface area contributed by atoms with Gasteiger partial charge >= 0.3 is 0 Å². The molecule has 1 atom stereocenters. The van der Waals surface area contributed by atoms with E-state index >= 15 is 0 Å². The molecular weight excluding hydrogens is 228 g/mol. The zero-order chi connectivity index (χ0) is 10.7. The molecular formula is C11H17ClN2S. The summed E-state index contributed by atoms with van der Waals surface area (Å²) in [5.74, 6) is 1.55. The van der Waals surface area contributed by atoms with Crippen molar-refractivity contribution in [1.82, 2.24) is 4.98 Å². The van der Waals surface area contributed by atoms with Gasteiger partial charge in [0.05, 0.1) is 5.69 Å². The fraction of sp³-hybridized carbons (Fsp3) is 0.727. The Morgan fingerprint density at radius 1 is 1.67 bits per heavy atom. The van der Waals surface area contributed by atoms with Crippen molar-refractivity contribution in [2.24, 2.45) is 5.92 Å². The van der Waals surface area contributed by atoms with E-state index in [4.69, 9.17) is 11.6 Å². The number of halogens is 1. The Balaban J connectivity index is 1.98. The Hall–Kier alpha value is -0.280. The summed E-state index contributed by atoms with van der Waals surface area (Å²) in [6.45, 7) is 4.35. The predicted molar refractivity (Wildman–Crippen MR) is 67.1 cm³/mol. The van der Waals surface area contributed by atoms with E-state index in [2.05, 4.69) is 22.2 Å². The van der Waals surface area contributed by atoms with Gasteiger partial charge in [0.15, 0.2) is 5.13 Å². The monoisotopic (exact) mass is 244 g/mol. The largest absolute Gasteiger partial charge is 0.348 e. The van der Waals surface area contributed by atoms with Gasteiger partial charge in [-0.25, -0.2) is 4.98 Å². The first-order valence-electron chi connectivity index (χ1n) is 5.52. The first kappa shape index (κ1) is 11.2. The van der Waals surface area contributed by atoms with Gasteiger partial charge in [0.2, 0.25) is 0 Å². The minimum Gasteiger partial charge on any atom is -0.348 e. The standard InChI is InChI=1S/C11H17ClN2S/c1-9-8-15-11(13-9)14-6-2-3-10(7-14)4-5-12/h8,10H,2-7H2,1H3. The molecule has 0 radical (unpaired) electrons. The zero-order valence-corrected chi connectivity index (χ0v) is 10.7. The van der Waals surface area contributed by atoms with Gasteiger partial charge in [-0.15, -0.1) is 22.9 Å². The predicted octanol–water partition coefficient (Wildman–Crippen LogP) is 3.30. The normalized spacial score (nSPS) is 22.0. The molecule has 2 nitrogen and oxygen atoms in total. The number of piperidine rings is 1. The van der Waals surface area contributed by atoms with Gasteiger partial charge in [-0.2, -0.15) is 0 Å². The number of anilines is 1. The van der Waals surface area contributed by atoms with Crippen LogP contribution in [0.25, 0.3) is 0 Å². The summed E-state index contributed by atoms with van der Waals surface area (Å²) in [6, 6.07) is 0. The lowest BCUT2D eigenvalue weighted by atomic mass is 9.96. The van der Waals surface area contributed by atoms with Gasteiger partial charge < -0.3 is 4.90 Å². The van der Waals surface area contributed by atoms with Gasteiger partial charge in [-0.1, -0.05) is 0 Å². The van der Waals surface area contributed by atoms with E-state index in [1.54, 1.807) is 11.3 Å². The van der Waals surface area contributed by atoms with E-state index in [0.29, 0.717) is 0 Å². The first-order valence-corrected chi connectivity index (χ1v) is 6.94. The van der Waals surface area contributed by atoms with Gasteiger partial charge in [-0.3, -0.25) is 0 Å². The van der Waals surface area contributed by atoms with E-state index in [1.165, 1.54) is 18.0 Å². The van der Waals surface area contributed by atoms with Crippen molar-refractivity contribution >= 4 is 28.1 Å². The SMILES string of the molecule is Cc1csc(N2CCCC(CCCl)C2)n1. The van der Waals surface area contributed by atoms with Crippen molar-refractivity contribution in [2.75, 3.05) is 23.9 Å². The Morgan fingerprint density at radius 3 is 3.20 bits per heavy atom. The summed E-state index contributed by atoms with van der Waals surface area (Å²) >= 11 is 7.56. The molecule has 1 aliphatic heterocycles. The highest BCUT2D eigenvalue weighted by Gasteiger charge is 2.21. The molecule has 4 heteroatoms. The van der Waals surface area contributed by atoms with Crippen molar-refractivity contribution in [1.29, 1.82) is 0 Å². The minimum absolute atomic E-state index is 0.764. The maximum absolute atomic E-state index is 5.80. The van der Waals surface area contributed by atoms with Crippen LogP contribution in [-0.2, 0) is 0 Å². The van der Waals surface area contributed by atoms with Gasteiger partial charge in [0.1, 0.15) is 0 Å². The number of rotatable bonds is 3. The van der Waals surface area contributed by atoms with Crippen molar-refractivity contribution in [3.63, 3.8) is 0 Å². The van der Waals surface area contributed by atoms with Crippen molar-refractivity contribution < 1.29 is 0 Å². The lowest BCUT2D eigenvalue weighted by Crippen LogP contribution is -2.35. The van der Waals surface area contributed by atoms with Crippen LogP contribution >= 0.6 is 22.9 Å². The first-order chi connectivity index (χ1) is 7.29. The average Bonchev–Trinajstić information content (AvgIpc) is 2.66. The van der Waals surface area contributed by atoms with Gasteiger partial charge in [0, 0.05) is 24.3 Å². The summed E-state index contributed by atoms with van der Waals surface area (Å²) in [4.78, 5) is 6.96. The highest BCUT2D eigenvalue weighted by atomic mass is 35.5. The molecule has 84 valence electrons. The van der Waals surface area contributed by atoms with Crippen molar-refractivity contribution in [3.05, 3.63) is 11.1 Å². The smallest absolute Gasteiger partial charge is 0.185 e. The summed E-state index contributed by atoms with van der Waals surface area (Å²) in [6.07, 6.45) is 3.75. The molecule has 2 rings (SSSR count). The fourth-order valence-corrected chi connectivity index (χ4v) is 3.26. The molecule has 1 aromatic heterocycles. The third-order valence-electron chi connectivity index (χ3n) is 2.91. The van der Waals surface area contributed by atoms with Crippen LogP contribution in [0, 0.1) is 12.8 Å². The Morgan fingerprint density at radius 2 is 2.53 bits per heavy atom. The maximum atomic E-state index is 5.80. The highest BCUT2D eigenvalue weighted by Crippen LogP contribution is 2.27. The minimum atomic E-state index is 0.764. The zero-order valence-electron chi connectivity index (χ0n) is 9.08. The van der Waals surface area contributed by atoms with Crippen LogP contribution in [-0.4, -0.2) is 24.0 Å². The van der Waals surface area contributed by atoms with E-state index in [0.717, 1.165) is 37.0 Å². The number of alkyl halides is 1. The lowest BCUT2D eigenvalue weighted by molar-refractivity contribution is 0.406. The molecule has 1 fully saturated rings. The quantitative estimate of drug-likeness (QED) is 0.759. The molecule has 0 aliphatic carbocycles. The van der Waals surface area contributed by atoms with Crippen LogP contribution in [0.3, 0.4) is 0 Å². The summed E-state index contributed by atoms with van der Waals surface area (Å²) < 4.78 is 0. The molecule has 1 saturated heterocycles. The molecule has 15 heavy (non-hydrogen) atoms. The number of nitrogens with zero attached hydrogens (tertiary/aromatic N) is 2. The van der Waals surface area contributed by atoms with Gasteiger partial charge in [-0.05, 0) is 32.1 Å². The fourth-order valence-electron chi connectivity index (χ4n) is 2.12. The molecule has 2 heterocycles. The summed E-state index contributed by atoms with van der Waals surface area (Å²) in [5, 5.41) is 3.31.